The molecule has 0 bridgehead atoms. The zero-order valence-electron chi connectivity index (χ0n) is 9.45. The predicted octanol–water partition coefficient (Wildman–Crippen LogP) is 1.89. The molecule has 0 radical (unpaired) electrons. The van der Waals surface area contributed by atoms with Crippen LogP contribution in [0.5, 0.6) is 5.75 Å². The van der Waals surface area contributed by atoms with E-state index < -0.39 is 5.82 Å². The van der Waals surface area contributed by atoms with E-state index in [1.54, 1.807) is 6.92 Å². The summed E-state index contributed by atoms with van der Waals surface area (Å²) in [7, 11) is 1.38. The first kappa shape index (κ1) is 11.3. The van der Waals surface area contributed by atoms with Gasteiger partial charge in [-0.1, -0.05) is 0 Å². The average Bonchev–Trinajstić information content (AvgIpc) is 2.28. The standard InChI is InChI=1S/C12H11FN2O2/c1-7-5-11(16)15-12(14-7)8-3-4-9(13)10(6-8)17-2/h3-6H,1-2H3,(H,14,15,16). The molecule has 0 aliphatic heterocycles. The van der Waals surface area contributed by atoms with Crippen LogP contribution in [0.2, 0.25) is 0 Å². The largest absolute Gasteiger partial charge is 0.494 e. The maximum absolute atomic E-state index is 13.2. The average molecular weight is 234 g/mol. The molecule has 17 heavy (non-hydrogen) atoms. The van der Waals surface area contributed by atoms with Gasteiger partial charge in [-0.25, -0.2) is 9.37 Å². The second-order valence-corrected chi connectivity index (χ2v) is 3.58. The van der Waals surface area contributed by atoms with Crippen molar-refractivity contribution in [3.8, 4) is 17.1 Å². The van der Waals surface area contributed by atoms with E-state index in [1.807, 2.05) is 0 Å². The van der Waals surface area contributed by atoms with Crippen LogP contribution in [0.1, 0.15) is 5.69 Å². The first-order chi connectivity index (χ1) is 8.10. The van der Waals surface area contributed by atoms with Crippen molar-refractivity contribution in [1.29, 1.82) is 0 Å². The second kappa shape index (κ2) is 4.37. The van der Waals surface area contributed by atoms with Gasteiger partial charge in [-0.3, -0.25) is 4.79 Å². The minimum absolute atomic E-state index is 0.117. The highest BCUT2D eigenvalue weighted by Crippen LogP contribution is 2.23. The molecule has 0 spiro atoms. The second-order valence-electron chi connectivity index (χ2n) is 3.58. The Morgan fingerprint density at radius 3 is 2.76 bits per heavy atom. The zero-order chi connectivity index (χ0) is 12.4. The van der Waals surface area contributed by atoms with Gasteiger partial charge >= 0.3 is 0 Å². The lowest BCUT2D eigenvalue weighted by Gasteiger charge is -2.05. The number of benzene rings is 1. The molecule has 5 heteroatoms. The zero-order valence-corrected chi connectivity index (χ0v) is 9.45. The number of aromatic amines is 1. The third-order valence-electron chi connectivity index (χ3n) is 2.29. The molecule has 0 aliphatic rings. The van der Waals surface area contributed by atoms with Crippen LogP contribution in [0.4, 0.5) is 4.39 Å². The van der Waals surface area contributed by atoms with E-state index in [-0.39, 0.29) is 11.3 Å². The molecule has 88 valence electrons. The number of aromatic nitrogens is 2. The smallest absolute Gasteiger partial charge is 0.251 e. The summed E-state index contributed by atoms with van der Waals surface area (Å²) in [6.45, 7) is 1.72. The maximum atomic E-state index is 13.2. The molecule has 0 aliphatic carbocycles. The Morgan fingerprint density at radius 2 is 2.12 bits per heavy atom. The summed E-state index contributed by atoms with van der Waals surface area (Å²) < 4.78 is 18.1. The molecule has 1 heterocycles. The number of nitrogens with zero attached hydrogens (tertiary/aromatic N) is 1. The Balaban J connectivity index is 2.56. The van der Waals surface area contributed by atoms with E-state index >= 15 is 0 Å². The van der Waals surface area contributed by atoms with E-state index in [0.29, 0.717) is 17.1 Å². The Kier molecular flexibility index (Phi) is 2.91. The lowest BCUT2D eigenvalue weighted by Crippen LogP contribution is -2.08. The van der Waals surface area contributed by atoms with Crippen LogP contribution in [-0.4, -0.2) is 17.1 Å². The lowest BCUT2D eigenvalue weighted by molar-refractivity contribution is 0.386. The number of nitrogens with one attached hydrogen (secondary N) is 1. The minimum Gasteiger partial charge on any atom is -0.494 e. The summed E-state index contributed by atoms with van der Waals surface area (Å²) in [6.07, 6.45) is 0. The number of rotatable bonds is 2. The normalized spacial score (nSPS) is 10.3. The maximum Gasteiger partial charge on any atom is 0.251 e. The Hall–Kier alpha value is -2.17. The molecule has 0 saturated carbocycles. The monoisotopic (exact) mass is 234 g/mol. The molecule has 2 rings (SSSR count). The molecule has 0 unspecified atom stereocenters. The van der Waals surface area contributed by atoms with Gasteiger partial charge in [0.1, 0.15) is 5.82 Å². The van der Waals surface area contributed by atoms with Crippen LogP contribution in [-0.2, 0) is 0 Å². The molecular formula is C12H11FN2O2. The van der Waals surface area contributed by atoms with E-state index in [9.17, 15) is 9.18 Å². The summed E-state index contributed by atoms with van der Waals surface area (Å²) in [5.74, 6) is 0.0613. The van der Waals surface area contributed by atoms with Crippen LogP contribution in [0.3, 0.4) is 0 Å². The number of ether oxygens (including phenoxy) is 1. The van der Waals surface area contributed by atoms with Gasteiger partial charge in [0.2, 0.25) is 0 Å². The molecule has 0 saturated heterocycles. The summed E-state index contributed by atoms with van der Waals surface area (Å²) in [6, 6.07) is 5.70. The van der Waals surface area contributed by atoms with Crippen molar-refractivity contribution in [2.24, 2.45) is 0 Å². The van der Waals surface area contributed by atoms with Gasteiger partial charge in [-0.15, -0.1) is 0 Å². The van der Waals surface area contributed by atoms with Crippen LogP contribution >= 0.6 is 0 Å². The predicted molar refractivity (Wildman–Crippen MR) is 61.5 cm³/mol. The fraction of sp³-hybridized carbons (Fsp3) is 0.167. The van der Waals surface area contributed by atoms with Gasteiger partial charge in [0.25, 0.3) is 5.56 Å². The summed E-state index contributed by atoms with van der Waals surface area (Å²) in [4.78, 5) is 18.1. The number of hydrogen-bond acceptors (Lipinski definition) is 3. The number of aryl methyl sites for hydroxylation is 1. The Morgan fingerprint density at radius 1 is 1.35 bits per heavy atom. The van der Waals surface area contributed by atoms with Gasteiger partial charge in [0.05, 0.1) is 7.11 Å². The minimum atomic E-state index is -0.453. The Labute approximate surface area is 97.1 Å². The summed E-state index contributed by atoms with van der Waals surface area (Å²) in [5.41, 5.74) is 0.965. The van der Waals surface area contributed by atoms with Crippen molar-refractivity contribution in [2.45, 2.75) is 6.92 Å². The molecule has 2 aromatic rings. The molecule has 0 fully saturated rings. The van der Waals surface area contributed by atoms with Crippen LogP contribution < -0.4 is 10.3 Å². The lowest BCUT2D eigenvalue weighted by atomic mass is 10.2. The van der Waals surface area contributed by atoms with E-state index in [1.165, 1.54) is 31.4 Å². The molecule has 4 nitrogen and oxygen atoms in total. The number of methoxy groups -OCH3 is 1. The van der Waals surface area contributed by atoms with E-state index in [2.05, 4.69) is 9.97 Å². The van der Waals surface area contributed by atoms with Gasteiger partial charge in [-0.05, 0) is 25.1 Å². The Bertz CT molecular complexity index is 608. The van der Waals surface area contributed by atoms with E-state index in [4.69, 9.17) is 4.74 Å². The number of hydrogen-bond donors (Lipinski definition) is 1. The highest BCUT2D eigenvalue weighted by molar-refractivity contribution is 5.57. The number of H-pyrrole nitrogens is 1. The van der Waals surface area contributed by atoms with Gasteiger partial charge in [0.15, 0.2) is 11.6 Å². The van der Waals surface area contributed by atoms with Crippen LogP contribution in [0.15, 0.2) is 29.1 Å². The van der Waals surface area contributed by atoms with Crippen molar-refractivity contribution in [1.82, 2.24) is 9.97 Å². The van der Waals surface area contributed by atoms with Crippen molar-refractivity contribution >= 4 is 0 Å². The first-order valence-corrected chi connectivity index (χ1v) is 5.02. The van der Waals surface area contributed by atoms with Crippen molar-refractivity contribution in [3.05, 3.63) is 46.1 Å². The fourth-order valence-corrected chi connectivity index (χ4v) is 1.52. The SMILES string of the molecule is COc1cc(-c2nc(C)cc(=O)[nH]2)ccc1F. The van der Waals surface area contributed by atoms with Gasteiger partial charge < -0.3 is 9.72 Å². The van der Waals surface area contributed by atoms with Gasteiger partial charge in [0, 0.05) is 17.3 Å². The molecule has 0 amide bonds. The highest BCUT2D eigenvalue weighted by Gasteiger charge is 2.07. The number of halogens is 1. The highest BCUT2D eigenvalue weighted by atomic mass is 19.1. The summed E-state index contributed by atoms with van der Waals surface area (Å²) in [5, 5.41) is 0. The molecular weight excluding hydrogens is 223 g/mol. The van der Waals surface area contributed by atoms with E-state index in [0.717, 1.165) is 0 Å². The van der Waals surface area contributed by atoms with Crippen molar-refractivity contribution in [3.63, 3.8) is 0 Å². The molecule has 1 aromatic heterocycles. The van der Waals surface area contributed by atoms with Crippen molar-refractivity contribution in [2.75, 3.05) is 7.11 Å². The first-order valence-electron chi connectivity index (χ1n) is 5.02. The van der Waals surface area contributed by atoms with Gasteiger partial charge in [-0.2, -0.15) is 0 Å². The molecule has 1 aromatic carbocycles. The fourth-order valence-electron chi connectivity index (χ4n) is 1.52. The van der Waals surface area contributed by atoms with Crippen LogP contribution in [0.25, 0.3) is 11.4 Å². The van der Waals surface area contributed by atoms with Crippen LogP contribution in [0, 0.1) is 12.7 Å². The third kappa shape index (κ3) is 2.33. The summed E-state index contributed by atoms with van der Waals surface area (Å²) >= 11 is 0. The quantitative estimate of drug-likeness (QED) is 0.863. The molecule has 0 atom stereocenters. The molecule has 1 N–H and O–H groups in total. The van der Waals surface area contributed by atoms with Crippen molar-refractivity contribution < 1.29 is 9.13 Å². The topological polar surface area (TPSA) is 55.0 Å². The third-order valence-corrected chi connectivity index (χ3v) is 2.29.